The number of amides is 1. The van der Waals surface area contributed by atoms with Gasteiger partial charge in [-0.15, -0.1) is 0 Å². The molecule has 2 N–H and O–H groups in total. The summed E-state index contributed by atoms with van der Waals surface area (Å²) < 4.78 is 0. The van der Waals surface area contributed by atoms with Gasteiger partial charge in [0, 0.05) is 31.9 Å². The zero-order valence-electron chi connectivity index (χ0n) is 12.2. The number of nitrogens with one attached hydrogen (secondary N) is 2. The van der Waals surface area contributed by atoms with Gasteiger partial charge in [-0.25, -0.2) is 4.98 Å². The maximum absolute atomic E-state index is 11.7. The molecule has 0 saturated carbocycles. The number of anilines is 2. The van der Waals surface area contributed by atoms with Crippen LogP contribution in [0.1, 0.15) is 26.0 Å². The summed E-state index contributed by atoms with van der Waals surface area (Å²) in [5.74, 6) is 1.31. The fraction of sp³-hybridized carbons (Fsp3) is 0.615. The minimum Gasteiger partial charge on any atom is -0.361 e. The van der Waals surface area contributed by atoms with Crippen LogP contribution in [0.3, 0.4) is 0 Å². The fourth-order valence-corrected chi connectivity index (χ4v) is 1.45. The van der Waals surface area contributed by atoms with Crippen molar-refractivity contribution in [2.24, 2.45) is 0 Å². The van der Waals surface area contributed by atoms with E-state index < -0.39 is 0 Å². The van der Waals surface area contributed by atoms with E-state index in [4.69, 9.17) is 0 Å². The van der Waals surface area contributed by atoms with E-state index >= 15 is 0 Å². The average Bonchev–Trinajstić information content (AvgIpc) is 2.41. The molecule has 0 bridgehead atoms. The van der Waals surface area contributed by atoms with Gasteiger partial charge in [0.1, 0.15) is 5.82 Å². The lowest BCUT2D eigenvalue weighted by atomic mass is 10.4. The first kappa shape index (κ1) is 15.2. The van der Waals surface area contributed by atoms with Gasteiger partial charge in [-0.3, -0.25) is 4.79 Å². The van der Waals surface area contributed by atoms with Crippen LogP contribution in [0.25, 0.3) is 0 Å². The van der Waals surface area contributed by atoms with Gasteiger partial charge in [-0.1, -0.05) is 6.92 Å². The number of rotatable bonds is 7. The Bertz CT molecular complexity index is 421. The van der Waals surface area contributed by atoms with Gasteiger partial charge in [0.25, 0.3) is 0 Å². The number of likely N-dealkylation sites (N-methyl/N-ethyl adjacent to an activating group) is 1. The molecule has 1 rings (SSSR count). The van der Waals surface area contributed by atoms with E-state index in [1.165, 1.54) is 0 Å². The molecule has 0 aliphatic heterocycles. The lowest BCUT2D eigenvalue weighted by Gasteiger charge is -2.15. The predicted molar refractivity (Wildman–Crippen MR) is 77.4 cm³/mol. The highest BCUT2D eigenvalue weighted by atomic mass is 16.2. The van der Waals surface area contributed by atoms with Gasteiger partial charge in [-0.2, -0.15) is 4.98 Å². The summed E-state index contributed by atoms with van der Waals surface area (Å²) in [6.07, 6.45) is 1.01. The number of carbonyl (C=O) groups is 1. The van der Waals surface area contributed by atoms with E-state index in [1.54, 1.807) is 11.9 Å². The first-order valence-corrected chi connectivity index (χ1v) is 6.64. The second-order valence-electron chi connectivity index (χ2n) is 4.41. The highest BCUT2D eigenvalue weighted by Crippen LogP contribution is 2.09. The molecule has 0 radical (unpaired) electrons. The van der Waals surface area contributed by atoms with E-state index in [1.807, 2.05) is 19.9 Å². The highest BCUT2D eigenvalue weighted by Gasteiger charge is 2.07. The normalized spacial score (nSPS) is 10.1. The molecule has 0 aromatic carbocycles. The van der Waals surface area contributed by atoms with Crippen LogP contribution in [-0.4, -0.2) is 47.5 Å². The molecule has 0 aliphatic carbocycles. The van der Waals surface area contributed by atoms with Crippen LogP contribution in [0.15, 0.2) is 6.07 Å². The molecule has 1 aromatic heterocycles. The standard InChI is InChI=1S/C13H23N5O/c1-5-7-14-13-16-10(3)8-11(17-13)15-9-12(19)18(4)6-2/h8H,5-7,9H2,1-4H3,(H2,14,15,16,17). The molecular weight excluding hydrogens is 242 g/mol. The molecule has 6 nitrogen and oxygen atoms in total. The second kappa shape index (κ2) is 7.56. The monoisotopic (exact) mass is 265 g/mol. The smallest absolute Gasteiger partial charge is 0.241 e. The summed E-state index contributed by atoms with van der Waals surface area (Å²) >= 11 is 0. The number of carbonyl (C=O) groups excluding carboxylic acids is 1. The van der Waals surface area contributed by atoms with Crippen molar-refractivity contribution in [2.45, 2.75) is 27.2 Å². The Kier molecular flexibility index (Phi) is 6.05. The van der Waals surface area contributed by atoms with Gasteiger partial charge in [0.15, 0.2) is 0 Å². The minimum atomic E-state index is 0.0434. The first-order valence-electron chi connectivity index (χ1n) is 6.64. The van der Waals surface area contributed by atoms with Gasteiger partial charge in [0.2, 0.25) is 11.9 Å². The van der Waals surface area contributed by atoms with Gasteiger partial charge in [0.05, 0.1) is 6.54 Å². The minimum absolute atomic E-state index is 0.0434. The third-order valence-electron chi connectivity index (χ3n) is 2.71. The van der Waals surface area contributed by atoms with Crippen LogP contribution in [0.5, 0.6) is 0 Å². The third-order valence-corrected chi connectivity index (χ3v) is 2.71. The van der Waals surface area contributed by atoms with E-state index in [0.717, 1.165) is 18.7 Å². The Hall–Kier alpha value is -1.85. The Morgan fingerprint density at radius 1 is 1.32 bits per heavy atom. The Balaban J connectivity index is 2.62. The molecule has 6 heteroatoms. The van der Waals surface area contributed by atoms with Crippen molar-refractivity contribution in [3.8, 4) is 0 Å². The zero-order chi connectivity index (χ0) is 14.3. The Labute approximate surface area is 114 Å². The van der Waals surface area contributed by atoms with Crippen LogP contribution in [0, 0.1) is 6.92 Å². The third kappa shape index (κ3) is 5.11. The lowest BCUT2D eigenvalue weighted by molar-refractivity contribution is -0.127. The molecule has 0 spiro atoms. The SMILES string of the molecule is CCCNc1nc(C)cc(NCC(=O)N(C)CC)n1. The van der Waals surface area contributed by atoms with E-state index in [0.29, 0.717) is 18.3 Å². The number of aromatic nitrogens is 2. The van der Waals surface area contributed by atoms with E-state index in [9.17, 15) is 4.79 Å². The number of hydrogen-bond donors (Lipinski definition) is 2. The van der Waals surface area contributed by atoms with Crippen LogP contribution in [0.4, 0.5) is 11.8 Å². The zero-order valence-corrected chi connectivity index (χ0v) is 12.2. The summed E-state index contributed by atoms with van der Waals surface area (Å²) in [5.41, 5.74) is 0.868. The number of nitrogens with zero attached hydrogens (tertiary/aromatic N) is 3. The molecule has 19 heavy (non-hydrogen) atoms. The molecule has 1 aromatic rings. The van der Waals surface area contributed by atoms with E-state index in [2.05, 4.69) is 27.5 Å². The van der Waals surface area contributed by atoms with Crippen molar-refractivity contribution in [1.29, 1.82) is 0 Å². The molecule has 1 amide bonds. The maximum atomic E-state index is 11.7. The van der Waals surface area contributed by atoms with Crippen molar-refractivity contribution < 1.29 is 4.79 Å². The lowest BCUT2D eigenvalue weighted by Crippen LogP contribution is -2.32. The summed E-state index contributed by atoms with van der Waals surface area (Å²) in [7, 11) is 1.78. The average molecular weight is 265 g/mol. The van der Waals surface area contributed by atoms with Crippen LogP contribution >= 0.6 is 0 Å². The van der Waals surface area contributed by atoms with Gasteiger partial charge < -0.3 is 15.5 Å². The Morgan fingerprint density at radius 3 is 2.68 bits per heavy atom. The van der Waals surface area contributed by atoms with Crippen molar-refractivity contribution in [1.82, 2.24) is 14.9 Å². The number of aryl methyl sites for hydroxylation is 1. The molecule has 0 unspecified atom stereocenters. The molecular formula is C13H23N5O. The van der Waals surface area contributed by atoms with Crippen molar-refractivity contribution in [3.05, 3.63) is 11.8 Å². The van der Waals surface area contributed by atoms with Crippen LogP contribution < -0.4 is 10.6 Å². The molecule has 0 saturated heterocycles. The van der Waals surface area contributed by atoms with Crippen molar-refractivity contribution in [3.63, 3.8) is 0 Å². The first-order chi connectivity index (χ1) is 9.06. The second-order valence-corrected chi connectivity index (χ2v) is 4.41. The van der Waals surface area contributed by atoms with Crippen LogP contribution in [0.2, 0.25) is 0 Å². The van der Waals surface area contributed by atoms with Gasteiger partial charge in [-0.05, 0) is 20.3 Å². The van der Waals surface area contributed by atoms with Crippen molar-refractivity contribution >= 4 is 17.7 Å². The molecule has 1 heterocycles. The quantitative estimate of drug-likeness (QED) is 0.782. The van der Waals surface area contributed by atoms with Gasteiger partial charge >= 0.3 is 0 Å². The maximum Gasteiger partial charge on any atom is 0.241 e. The predicted octanol–water partition coefficient (Wildman–Crippen LogP) is 1.50. The Morgan fingerprint density at radius 2 is 2.05 bits per heavy atom. The van der Waals surface area contributed by atoms with Crippen LogP contribution in [-0.2, 0) is 4.79 Å². The summed E-state index contributed by atoms with van der Waals surface area (Å²) in [4.78, 5) is 22.0. The largest absolute Gasteiger partial charge is 0.361 e. The number of hydrogen-bond acceptors (Lipinski definition) is 5. The van der Waals surface area contributed by atoms with Crippen molar-refractivity contribution in [2.75, 3.05) is 37.3 Å². The highest BCUT2D eigenvalue weighted by molar-refractivity contribution is 5.80. The summed E-state index contributed by atoms with van der Waals surface area (Å²) in [5, 5.41) is 6.17. The topological polar surface area (TPSA) is 70.2 Å². The molecule has 0 atom stereocenters. The molecule has 0 fully saturated rings. The molecule has 106 valence electrons. The molecule has 0 aliphatic rings. The summed E-state index contributed by atoms with van der Waals surface area (Å²) in [6.45, 7) is 7.71. The summed E-state index contributed by atoms with van der Waals surface area (Å²) in [6, 6.07) is 1.83. The van der Waals surface area contributed by atoms with E-state index in [-0.39, 0.29) is 12.5 Å². The fourth-order valence-electron chi connectivity index (χ4n) is 1.45.